The van der Waals surface area contributed by atoms with Crippen molar-refractivity contribution in [3.63, 3.8) is 0 Å². The molecule has 8 nitrogen and oxygen atoms in total. The Morgan fingerprint density at radius 3 is 2.50 bits per heavy atom. The normalized spacial score (nSPS) is 20.5. The monoisotopic (exact) mass is 381 g/mol. The predicted molar refractivity (Wildman–Crippen MR) is 97.4 cm³/mol. The molecule has 1 aliphatic carbocycles. The second kappa shape index (κ2) is 8.48. The summed E-state index contributed by atoms with van der Waals surface area (Å²) in [5, 5.41) is 11.4. The third kappa shape index (κ3) is 4.26. The summed E-state index contributed by atoms with van der Waals surface area (Å²) in [4.78, 5) is 49.5. The molecular weight excluding hydrogens is 362 g/mol. The van der Waals surface area contributed by atoms with Crippen LogP contribution in [-0.4, -0.2) is 41.7 Å². The molecule has 0 spiro atoms. The third-order valence-electron chi connectivity index (χ3n) is 4.78. The number of hydrogen-bond acceptors (Lipinski definition) is 6. The molecule has 1 aromatic rings. The summed E-state index contributed by atoms with van der Waals surface area (Å²) in [6.45, 7) is -0.540. The molecule has 8 heteroatoms. The first-order valence-corrected chi connectivity index (χ1v) is 8.95. The molecule has 0 radical (unpaired) electrons. The summed E-state index contributed by atoms with van der Waals surface area (Å²) in [7, 11) is 0. The Balaban J connectivity index is 1.43. The van der Waals surface area contributed by atoms with Gasteiger partial charge in [-0.3, -0.25) is 24.1 Å². The minimum Gasteiger partial charge on any atom is -0.456 e. The Bertz CT molecular complexity index is 860. The van der Waals surface area contributed by atoms with Crippen LogP contribution in [-0.2, 0) is 23.9 Å². The first-order valence-electron chi connectivity index (χ1n) is 8.95. The predicted octanol–water partition coefficient (Wildman–Crippen LogP) is 1.38. The number of amides is 3. The number of ether oxygens (including phenoxy) is 1. The lowest BCUT2D eigenvalue weighted by atomic mass is 9.85. The standard InChI is InChI=1S/C20H19N3O5/c21-11-13-4-3-5-14(10-13)22-17(24)12-28-18(25)8-9-23-19(26)15-6-1-2-7-16(15)20(23)27/h1-5,10,15-16H,6-9,12H2,(H,22,24)/t15-,16-/m1/s1. The largest absolute Gasteiger partial charge is 0.456 e. The van der Waals surface area contributed by atoms with E-state index in [1.165, 1.54) is 6.07 Å². The summed E-state index contributed by atoms with van der Waals surface area (Å²) in [6.07, 6.45) is 4.72. The molecule has 0 unspecified atom stereocenters. The van der Waals surface area contributed by atoms with E-state index < -0.39 is 18.5 Å². The van der Waals surface area contributed by atoms with Crippen molar-refractivity contribution in [2.24, 2.45) is 11.8 Å². The van der Waals surface area contributed by atoms with E-state index in [2.05, 4.69) is 5.32 Å². The summed E-state index contributed by atoms with van der Waals surface area (Å²) in [5.41, 5.74) is 0.815. The second-order valence-corrected chi connectivity index (χ2v) is 6.64. The minimum absolute atomic E-state index is 0.0463. The summed E-state index contributed by atoms with van der Waals surface area (Å²) < 4.78 is 4.90. The van der Waals surface area contributed by atoms with E-state index in [1.807, 2.05) is 18.2 Å². The number of fused-ring (bicyclic) bond motifs is 1. The summed E-state index contributed by atoms with van der Waals surface area (Å²) in [6, 6.07) is 8.29. The van der Waals surface area contributed by atoms with E-state index in [9.17, 15) is 19.2 Å². The number of nitriles is 1. The molecule has 3 amide bonds. The van der Waals surface area contributed by atoms with Gasteiger partial charge in [-0.15, -0.1) is 0 Å². The quantitative estimate of drug-likeness (QED) is 0.452. The van der Waals surface area contributed by atoms with Gasteiger partial charge in [-0.25, -0.2) is 0 Å². The number of benzene rings is 1. The van der Waals surface area contributed by atoms with Crippen LogP contribution in [0.25, 0.3) is 0 Å². The van der Waals surface area contributed by atoms with Gasteiger partial charge in [0, 0.05) is 12.2 Å². The van der Waals surface area contributed by atoms with Gasteiger partial charge in [0.1, 0.15) is 0 Å². The number of likely N-dealkylation sites (tertiary alicyclic amines) is 1. The zero-order chi connectivity index (χ0) is 20.1. The van der Waals surface area contributed by atoms with Crippen molar-refractivity contribution < 1.29 is 23.9 Å². The molecule has 1 saturated heterocycles. The Kier molecular flexibility index (Phi) is 5.84. The highest BCUT2D eigenvalue weighted by Crippen LogP contribution is 2.34. The highest BCUT2D eigenvalue weighted by molar-refractivity contribution is 6.05. The van der Waals surface area contributed by atoms with Crippen molar-refractivity contribution in [1.82, 2.24) is 4.90 Å². The average Bonchev–Trinajstić information content (AvgIpc) is 2.95. The van der Waals surface area contributed by atoms with E-state index in [-0.39, 0.29) is 36.6 Å². The van der Waals surface area contributed by atoms with Gasteiger partial charge in [0.15, 0.2) is 6.61 Å². The molecule has 28 heavy (non-hydrogen) atoms. The molecule has 0 bridgehead atoms. The van der Waals surface area contributed by atoms with E-state index in [0.29, 0.717) is 24.1 Å². The van der Waals surface area contributed by atoms with Gasteiger partial charge >= 0.3 is 5.97 Å². The van der Waals surface area contributed by atoms with Gasteiger partial charge in [-0.2, -0.15) is 5.26 Å². The van der Waals surface area contributed by atoms with E-state index in [0.717, 1.165) is 4.90 Å². The third-order valence-corrected chi connectivity index (χ3v) is 4.78. The van der Waals surface area contributed by atoms with Crippen LogP contribution in [0.15, 0.2) is 36.4 Å². The molecule has 1 aromatic carbocycles. The molecule has 144 valence electrons. The lowest BCUT2D eigenvalue weighted by molar-refractivity contribution is -0.148. The molecular formula is C20H19N3O5. The topological polar surface area (TPSA) is 117 Å². The molecule has 1 aliphatic heterocycles. The number of carbonyl (C=O) groups excluding carboxylic acids is 4. The molecule has 3 rings (SSSR count). The fraction of sp³-hybridized carbons (Fsp3) is 0.350. The summed E-state index contributed by atoms with van der Waals surface area (Å²) in [5.74, 6) is -2.38. The highest BCUT2D eigenvalue weighted by atomic mass is 16.5. The van der Waals surface area contributed by atoms with E-state index in [4.69, 9.17) is 10.00 Å². The number of nitrogens with one attached hydrogen (secondary N) is 1. The molecule has 1 heterocycles. The Hall–Kier alpha value is -3.47. The van der Waals surface area contributed by atoms with Gasteiger partial charge in [-0.1, -0.05) is 18.2 Å². The number of nitrogens with zero attached hydrogens (tertiary/aromatic N) is 2. The van der Waals surface area contributed by atoms with Crippen molar-refractivity contribution in [3.05, 3.63) is 42.0 Å². The molecule has 1 fully saturated rings. The number of esters is 1. The van der Waals surface area contributed by atoms with Crippen molar-refractivity contribution in [2.75, 3.05) is 18.5 Å². The van der Waals surface area contributed by atoms with Crippen LogP contribution in [0, 0.1) is 23.2 Å². The number of carbonyl (C=O) groups is 4. The number of allylic oxidation sites excluding steroid dienone is 2. The van der Waals surface area contributed by atoms with Crippen molar-refractivity contribution >= 4 is 29.4 Å². The highest BCUT2D eigenvalue weighted by Gasteiger charge is 2.46. The van der Waals surface area contributed by atoms with Crippen LogP contribution in [0.4, 0.5) is 5.69 Å². The van der Waals surface area contributed by atoms with Crippen LogP contribution < -0.4 is 5.32 Å². The van der Waals surface area contributed by atoms with Gasteiger partial charge in [0.2, 0.25) is 11.8 Å². The minimum atomic E-state index is -0.672. The molecule has 0 saturated carbocycles. The zero-order valence-corrected chi connectivity index (χ0v) is 15.1. The van der Waals surface area contributed by atoms with Crippen molar-refractivity contribution in [1.29, 1.82) is 5.26 Å². The number of imide groups is 1. The SMILES string of the molecule is N#Cc1cccc(NC(=O)COC(=O)CCN2C(=O)[C@@H]3CC=CC[C@H]3C2=O)c1. The van der Waals surface area contributed by atoms with Crippen LogP contribution in [0.5, 0.6) is 0 Å². The molecule has 0 aromatic heterocycles. The Labute approximate surface area is 161 Å². The number of anilines is 1. The van der Waals surface area contributed by atoms with Crippen LogP contribution in [0.2, 0.25) is 0 Å². The lowest BCUT2D eigenvalue weighted by Gasteiger charge is -2.14. The Morgan fingerprint density at radius 2 is 1.86 bits per heavy atom. The van der Waals surface area contributed by atoms with Crippen molar-refractivity contribution in [3.8, 4) is 6.07 Å². The maximum absolute atomic E-state index is 12.3. The number of hydrogen-bond donors (Lipinski definition) is 1. The average molecular weight is 381 g/mol. The van der Waals surface area contributed by atoms with Gasteiger partial charge < -0.3 is 10.1 Å². The van der Waals surface area contributed by atoms with Gasteiger partial charge in [-0.05, 0) is 31.0 Å². The van der Waals surface area contributed by atoms with Crippen LogP contribution in [0.3, 0.4) is 0 Å². The fourth-order valence-corrected chi connectivity index (χ4v) is 3.37. The van der Waals surface area contributed by atoms with Crippen LogP contribution >= 0.6 is 0 Å². The smallest absolute Gasteiger partial charge is 0.308 e. The first kappa shape index (κ1) is 19.3. The maximum Gasteiger partial charge on any atom is 0.308 e. The fourth-order valence-electron chi connectivity index (χ4n) is 3.37. The molecule has 2 aliphatic rings. The van der Waals surface area contributed by atoms with Crippen molar-refractivity contribution in [2.45, 2.75) is 19.3 Å². The van der Waals surface area contributed by atoms with E-state index in [1.54, 1.807) is 18.2 Å². The van der Waals surface area contributed by atoms with E-state index >= 15 is 0 Å². The molecule has 1 N–H and O–H groups in total. The summed E-state index contributed by atoms with van der Waals surface area (Å²) >= 11 is 0. The number of rotatable bonds is 6. The van der Waals surface area contributed by atoms with Gasteiger partial charge in [0.05, 0.1) is 29.9 Å². The van der Waals surface area contributed by atoms with Crippen LogP contribution in [0.1, 0.15) is 24.8 Å². The second-order valence-electron chi connectivity index (χ2n) is 6.64. The first-order chi connectivity index (χ1) is 13.5. The molecule has 2 atom stereocenters. The Morgan fingerprint density at radius 1 is 1.18 bits per heavy atom. The lowest BCUT2D eigenvalue weighted by Crippen LogP contribution is -2.33. The van der Waals surface area contributed by atoms with Gasteiger partial charge in [0.25, 0.3) is 5.91 Å². The maximum atomic E-state index is 12.3. The zero-order valence-electron chi connectivity index (χ0n) is 15.1.